The number of aromatic nitrogens is 3. The van der Waals surface area contributed by atoms with E-state index >= 15 is 0 Å². The molecule has 2 aromatic heterocycles. The van der Waals surface area contributed by atoms with E-state index in [0.29, 0.717) is 42.7 Å². The van der Waals surface area contributed by atoms with Crippen molar-refractivity contribution in [2.24, 2.45) is 0 Å². The first kappa shape index (κ1) is 21.2. The van der Waals surface area contributed by atoms with Crippen molar-refractivity contribution in [2.45, 2.75) is 25.9 Å². The normalized spacial score (nSPS) is 12.5. The standard InChI is InChI=1S/C28H24N4O3/c33-19-11-9-18(10-12-19)13-15-29-25(34)17-32-24-8-4-2-5-20(24)21-14-16-31-27(26(21)32)30-23-7-3-1-6-22(23)28(31)35/h1-12,33H,13-17H2,(H,29,34). The quantitative estimate of drug-likeness (QED) is 0.416. The smallest absolute Gasteiger partial charge is 0.261 e. The molecular formula is C28H24N4O3. The second kappa shape index (κ2) is 8.43. The molecule has 1 aliphatic heterocycles. The Kier molecular flexibility index (Phi) is 5.10. The highest BCUT2D eigenvalue weighted by molar-refractivity contribution is 5.93. The fraction of sp³-hybridized carbons (Fsp3) is 0.179. The first-order chi connectivity index (χ1) is 17.1. The molecule has 35 heavy (non-hydrogen) atoms. The van der Waals surface area contributed by atoms with Crippen LogP contribution in [0.2, 0.25) is 0 Å². The van der Waals surface area contributed by atoms with Gasteiger partial charge in [-0.3, -0.25) is 14.2 Å². The molecule has 7 heteroatoms. The molecule has 0 aliphatic carbocycles. The Morgan fingerprint density at radius 2 is 1.71 bits per heavy atom. The van der Waals surface area contributed by atoms with E-state index in [4.69, 9.17) is 4.98 Å². The first-order valence-corrected chi connectivity index (χ1v) is 11.7. The average Bonchev–Trinajstić information content (AvgIpc) is 3.19. The summed E-state index contributed by atoms with van der Waals surface area (Å²) in [4.78, 5) is 31.1. The maximum Gasteiger partial charge on any atom is 0.261 e. The maximum absolute atomic E-state index is 13.2. The van der Waals surface area contributed by atoms with Crippen LogP contribution in [0.4, 0.5) is 0 Å². The van der Waals surface area contributed by atoms with Gasteiger partial charge < -0.3 is 15.0 Å². The van der Waals surface area contributed by atoms with Gasteiger partial charge in [0.2, 0.25) is 5.91 Å². The molecule has 3 heterocycles. The van der Waals surface area contributed by atoms with Gasteiger partial charge in [-0.25, -0.2) is 4.98 Å². The fourth-order valence-corrected chi connectivity index (χ4v) is 5.04. The monoisotopic (exact) mass is 464 g/mol. The van der Waals surface area contributed by atoms with E-state index in [1.165, 1.54) is 0 Å². The van der Waals surface area contributed by atoms with E-state index in [-0.39, 0.29) is 23.8 Å². The second-order valence-corrected chi connectivity index (χ2v) is 8.86. The molecule has 0 saturated heterocycles. The molecule has 0 saturated carbocycles. The van der Waals surface area contributed by atoms with Crippen LogP contribution in [0.15, 0.2) is 77.6 Å². The molecule has 0 radical (unpaired) electrons. The van der Waals surface area contributed by atoms with Crippen LogP contribution >= 0.6 is 0 Å². The van der Waals surface area contributed by atoms with Crippen molar-refractivity contribution in [2.75, 3.05) is 6.54 Å². The summed E-state index contributed by atoms with van der Waals surface area (Å²) < 4.78 is 3.73. The molecule has 7 nitrogen and oxygen atoms in total. The fourth-order valence-electron chi connectivity index (χ4n) is 5.04. The third-order valence-corrected chi connectivity index (χ3v) is 6.71. The Hall–Kier alpha value is -4.39. The number of hydrogen-bond acceptors (Lipinski definition) is 4. The van der Waals surface area contributed by atoms with Gasteiger partial charge in [-0.15, -0.1) is 0 Å². The number of nitrogens with one attached hydrogen (secondary N) is 1. The predicted octanol–water partition coefficient (Wildman–Crippen LogP) is 3.64. The minimum absolute atomic E-state index is 0.0496. The SMILES string of the molecule is O=C(Cn1c2c(c3ccccc31)CCn1c-2nc2ccccc2c1=O)NCCc1ccc(O)cc1. The first-order valence-electron chi connectivity index (χ1n) is 11.7. The van der Waals surface area contributed by atoms with Crippen LogP contribution in [-0.4, -0.2) is 31.7 Å². The van der Waals surface area contributed by atoms with E-state index in [9.17, 15) is 14.7 Å². The molecule has 0 unspecified atom stereocenters. The van der Waals surface area contributed by atoms with Crippen molar-refractivity contribution in [1.29, 1.82) is 0 Å². The highest BCUT2D eigenvalue weighted by Gasteiger charge is 2.27. The van der Waals surface area contributed by atoms with Gasteiger partial charge >= 0.3 is 0 Å². The Labute approximate surface area is 201 Å². The van der Waals surface area contributed by atoms with Gasteiger partial charge in [0.15, 0.2) is 5.82 Å². The predicted molar refractivity (Wildman–Crippen MR) is 135 cm³/mol. The molecule has 3 aromatic carbocycles. The summed E-state index contributed by atoms with van der Waals surface area (Å²) in [5.74, 6) is 0.735. The molecule has 2 N–H and O–H groups in total. The van der Waals surface area contributed by atoms with E-state index in [2.05, 4.69) is 11.4 Å². The minimum atomic E-state index is -0.104. The lowest BCUT2D eigenvalue weighted by atomic mass is 10.0. The van der Waals surface area contributed by atoms with E-state index < -0.39 is 0 Å². The lowest BCUT2D eigenvalue weighted by Crippen LogP contribution is -2.31. The van der Waals surface area contributed by atoms with Crippen LogP contribution in [0.3, 0.4) is 0 Å². The summed E-state index contributed by atoms with van der Waals surface area (Å²) in [6.07, 6.45) is 1.38. The lowest BCUT2D eigenvalue weighted by Gasteiger charge is -2.21. The van der Waals surface area contributed by atoms with Crippen LogP contribution < -0.4 is 10.9 Å². The summed E-state index contributed by atoms with van der Waals surface area (Å²) in [5.41, 5.74) is 4.57. The summed E-state index contributed by atoms with van der Waals surface area (Å²) in [6, 6.07) is 22.4. The van der Waals surface area contributed by atoms with Crippen molar-refractivity contribution in [3.8, 4) is 17.3 Å². The molecule has 174 valence electrons. The van der Waals surface area contributed by atoms with Crippen LogP contribution in [0, 0.1) is 0 Å². The van der Waals surface area contributed by atoms with Crippen molar-refractivity contribution in [3.05, 3.63) is 94.3 Å². The van der Waals surface area contributed by atoms with Crippen LogP contribution in [0.1, 0.15) is 11.1 Å². The van der Waals surface area contributed by atoms with Gasteiger partial charge in [-0.2, -0.15) is 0 Å². The van der Waals surface area contributed by atoms with Crippen LogP contribution in [-0.2, 0) is 30.7 Å². The Morgan fingerprint density at radius 1 is 0.971 bits per heavy atom. The number of phenols is 1. The van der Waals surface area contributed by atoms with Crippen molar-refractivity contribution in [1.82, 2.24) is 19.4 Å². The van der Waals surface area contributed by atoms with Gasteiger partial charge in [-0.05, 0) is 54.3 Å². The zero-order chi connectivity index (χ0) is 23.9. The molecule has 5 aromatic rings. The number of para-hydroxylation sites is 2. The van der Waals surface area contributed by atoms with Gasteiger partial charge in [0.05, 0.1) is 16.6 Å². The van der Waals surface area contributed by atoms with Gasteiger partial charge in [0, 0.05) is 24.0 Å². The Balaban J connectivity index is 1.37. The molecule has 6 rings (SSSR count). The lowest BCUT2D eigenvalue weighted by molar-refractivity contribution is -0.121. The van der Waals surface area contributed by atoms with Crippen molar-refractivity contribution < 1.29 is 9.90 Å². The Bertz CT molecular complexity index is 1650. The van der Waals surface area contributed by atoms with Crippen molar-refractivity contribution >= 4 is 27.7 Å². The number of amides is 1. The Morgan fingerprint density at radius 3 is 2.54 bits per heavy atom. The van der Waals surface area contributed by atoms with E-state index in [0.717, 1.165) is 27.7 Å². The van der Waals surface area contributed by atoms with E-state index in [1.54, 1.807) is 16.7 Å². The molecule has 0 spiro atoms. The van der Waals surface area contributed by atoms with Crippen LogP contribution in [0.25, 0.3) is 33.3 Å². The summed E-state index contributed by atoms with van der Waals surface area (Å²) in [5, 5.41) is 14.1. The van der Waals surface area contributed by atoms with Gasteiger partial charge in [0.1, 0.15) is 12.3 Å². The number of hydrogen-bond donors (Lipinski definition) is 2. The summed E-state index contributed by atoms with van der Waals surface area (Å²) in [7, 11) is 0. The second-order valence-electron chi connectivity index (χ2n) is 8.86. The van der Waals surface area contributed by atoms with Gasteiger partial charge in [-0.1, -0.05) is 42.5 Å². The highest BCUT2D eigenvalue weighted by Crippen LogP contribution is 2.36. The number of benzene rings is 3. The number of carbonyl (C=O) groups excluding carboxylic acids is 1. The topological polar surface area (TPSA) is 89.2 Å². The average molecular weight is 465 g/mol. The number of aromatic hydroxyl groups is 1. The molecule has 0 fully saturated rings. The number of nitrogens with zero attached hydrogens (tertiary/aromatic N) is 3. The largest absolute Gasteiger partial charge is 0.508 e. The number of aryl methyl sites for hydroxylation is 1. The third kappa shape index (κ3) is 3.65. The highest BCUT2D eigenvalue weighted by atomic mass is 16.3. The van der Waals surface area contributed by atoms with Crippen LogP contribution in [0.5, 0.6) is 5.75 Å². The number of rotatable bonds is 5. The summed E-state index contributed by atoms with van der Waals surface area (Å²) in [6.45, 7) is 1.18. The zero-order valence-corrected chi connectivity index (χ0v) is 19.1. The zero-order valence-electron chi connectivity index (χ0n) is 19.1. The number of carbonyl (C=O) groups is 1. The molecule has 0 atom stereocenters. The van der Waals surface area contributed by atoms with Crippen molar-refractivity contribution in [3.63, 3.8) is 0 Å². The molecule has 1 aliphatic rings. The minimum Gasteiger partial charge on any atom is -0.508 e. The number of phenolic OH excluding ortho intramolecular Hbond substituents is 1. The summed E-state index contributed by atoms with van der Waals surface area (Å²) >= 11 is 0. The maximum atomic E-state index is 13.2. The molecular weight excluding hydrogens is 440 g/mol. The van der Waals surface area contributed by atoms with Gasteiger partial charge in [0.25, 0.3) is 5.56 Å². The molecule has 0 bridgehead atoms. The number of fused-ring (bicyclic) bond motifs is 6. The van der Waals surface area contributed by atoms with E-state index in [1.807, 2.05) is 59.2 Å². The third-order valence-electron chi connectivity index (χ3n) is 6.71. The molecule has 1 amide bonds.